The molecule has 0 atom stereocenters. The van der Waals surface area contributed by atoms with Crippen LogP contribution in [0, 0.1) is 0 Å². The van der Waals surface area contributed by atoms with E-state index in [1.165, 1.54) is 0 Å². The van der Waals surface area contributed by atoms with Crippen molar-refractivity contribution in [1.82, 2.24) is 24.1 Å². The second-order valence-electron chi connectivity index (χ2n) is 17.6. The van der Waals surface area contributed by atoms with Crippen molar-refractivity contribution in [1.29, 1.82) is 0 Å². The molecule has 0 fully saturated rings. The fraction of sp³-hybridized carbons (Fsp3) is 0. The summed E-state index contributed by atoms with van der Waals surface area (Å²) < 4.78 is 11.8. The van der Waals surface area contributed by atoms with Gasteiger partial charge in [-0.05, 0) is 89.0 Å². The lowest BCUT2D eigenvalue weighted by atomic mass is 9.97. The number of imidazole rings is 2. The van der Waals surface area contributed by atoms with Crippen LogP contribution in [0.3, 0.4) is 0 Å². The minimum Gasteiger partial charge on any atom is -0.456 e. The molecule has 14 rings (SSSR count). The molecule has 0 aliphatic rings. The highest BCUT2D eigenvalue weighted by atomic mass is 32.1. The molecule has 4 heterocycles. The lowest BCUT2D eigenvalue weighted by Crippen LogP contribution is -1.97. The zero-order chi connectivity index (χ0) is 46.1. The van der Waals surface area contributed by atoms with Crippen molar-refractivity contribution in [3.63, 3.8) is 0 Å². The molecule has 6 nitrogen and oxygen atoms in total. The van der Waals surface area contributed by atoms with Gasteiger partial charge in [0.2, 0.25) is 0 Å². The van der Waals surface area contributed by atoms with Gasteiger partial charge in [-0.3, -0.25) is 9.13 Å². The van der Waals surface area contributed by atoms with Gasteiger partial charge in [-0.2, -0.15) is 0 Å². The predicted octanol–water partition coefficient (Wildman–Crippen LogP) is 16.9. The van der Waals surface area contributed by atoms with Crippen LogP contribution in [0.5, 0.6) is 0 Å². The Bertz CT molecular complexity index is 4060. The first kappa shape index (κ1) is 39.9. The van der Waals surface area contributed by atoms with Gasteiger partial charge in [0.15, 0.2) is 0 Å². The highest BCUT2D eigenvalue weighted by Crippen LogP contribution is 2.43. The highest BCUT2D eigenvalue weighted by molar-refractivity contribution is 7.22. The second kappa shape index (κ2) is 16.3. The molecule has 328 valence electrons. The van der Waals surface area contributed by atoms with Gasteiger partial charge in [0.25, 0.3) is 0 Å². The van der Waals surface area contributed by atoms with E-state index < -0.39 is 0 Å². The molecule has 14 aromatic rings. The number of para-hydroxylation sites is 7. The van der Waals surface area contributed by atoms with Crippen LogP contribution in [0.1, 0.15) is 0 Å². The largest absolute Gasteiger partial charge is 0.456 e. The van der Waals surface area contributed by atoms with Gasteiger partial charge in [0.1, 0.15) is 27.8 Å². The molecule has 0 aliphatic carbocycles. The maximum absolute atomic E-state index is 6.14. The van der Waals surface area contributed by atoms with Crippen molar-refractivity contribution in [2.75, 3.05) is 0 Å². The first-order chi connectivity index (χ1) is 34.7. The van der Waals surface area contributed by atoms with Gasteiger partial charge in [0.05, 0.1) is 32.3 Å². The second-order valence-corrected chi connectivity index (χ2v) is 18.6. The molecular formula is C63H39N5OS. The van der Waals surface area contributed by atoms with E-state index in [1.807, 2.05) is 36.4 Å². The van der Waals surface area contributed by atoms with Crippen molar-refractivity contribution in [3.8, 4) is 78.1 Å². The van der Waals surface area contributed by atoms with Crippen molar-refractivity contribution in [2.45, 2.75) is 0 Å². The summed E-state index contributed by atoms with van der Waals surface area (Å²) in [4.78, 5) is 15.8. The van der Waals surface area contributed by atoms with Crippen molar-refractivity contribution in [3.05, 3.63) is 237 Å². The minimum atomic E-state index is 0.894. The normalized spacial score (nSPS) is 11.7. The molecular weight excluding hydrogens is 875 g/mol. The Morgan fingerprint density at radius 2 is 0.814 bits per heavy atom. The molecule has 0 saturated heterocycles. The van der Waals surface area contributed by atoms with Gasteiger partial charge in [-0.25, -0.2) is 15.0 Å². The number of hydrogen-bond acceptors (Lipinski definition) is 5. The molecule has 70 heavy (non-hydrogen) atoms. The summed E-state index contributed by atoms with van der Waals surface area (Å²) in [5.74, 6) is 1.81. The standard InChI is InChI=1S/C63H39N5OS/c1-3-13-47(14-4-1)67-55-20-10-8-18-53(55)64-61(67)43-29-25-41(26-30-43)49-36-37-50(42-27-31-44(32-28-42)62-65-54-19-9-11-21-56(54)68(62)48-15-5-2-6-16-48)60-59(49)66-63(70-60)45-33-23-40(24-34-45)46-35-38-58-52(39-46)51-17-7-12-22-57(51)69-58/h1-39H. The Morgan fingerprint density at radius 1 is 0.343 bits per heavy atom. The van der Waals surface area contributed by atoms with Gasteiger partial charge in [-0.1, -0.05) is 170 Å². The first-order valence-corrected chi connectivity index (χ1v) is 24.2. The Balaban J connectivity index is 0.870. The van der Waals surface area contributed by atoms with Gasteiger partial charge in [0, 0.05) is 50.0 Å². The van der Waals surface area contributed by atoms with Crippen LogP contribution >= 0.6 is 11.3 Å². The predicted molar refractivity (Wildman–Crippen MR) is 289 cm³/mol. The third-order valence-electron chi connectivity index (χ3n) is 13.4. The lowest BCUT2D eigenvalue weighted by molar-refractivity contribution is 0.669. The van der Waals surface area contributed by atoms with E-state index in [-0.39, 0.29) is 0 Å². The lowest BCUT2D eigenvalue weighted by Gasteiger charge is -2.12. The fourth-order valence-electron chi connectivity index (χ4n) is 10.0. The third-order valence-corrected chi connectivity index (χ3v) is 14.6. The average Bonchev–Trinajstić information content (AvgIpc) is 4.23. The van der Waals surface area contributed by atoms with Crippen LogP contribution in [0.15, 0.2) is 241 Å². The molecule has 4 aromatic heterocycles. The fourth-order valence-corrected chi connectivity index (χ4v) is 11.1. The van der Waals surface area contributed by atoms with Gasteiger partial charge >= 0.3 is 0 Å². The summed E-state index contributed by atoms with van der Waals surface area (Å²) >= 11 is 1.74. The van der Waals surface area contributed by atoms with E-state index in [9.17, 15) is 0 Å². The van der Waals surface area contributed by atoms with Crippen LogP contribution in [-0.4, -0.2) is 24.1 Å². The van der Waals surface area contributed by atoms with Gasteiger partial charge in [-0.15, -0.1) is 11.3 Å². The first-order valence-electron chi connectivity index (χ1n) is 23.4. The Kier molecular flexibility index (Phi) is 9.28. The molecule has 0 saturated carbocycles. The topological polar surface area (TPSA) is 61.7 Å². The Labute approximate surface area is 406 Å². The Hall–Kier alpha value is -9.17. The van der Waals surface area contributed by atoms with E-state index >= 15 is 0 Å². The highest BCUT2D eigenvalue weighted by Gasteiger charge is 2.20. The molecule has 0 bridgehead atoms. The molecule has 0 radical (unpaired) electrons. The van der Waals surface area contributed by atoms with Crippen LogP contribution in [0.25, 0.3) is 132 Å². The molecule has 0 unspecified atom stereocenters. The maximum atomic E-state index is 6.14. The van der Waals surface area contributed by atoms with Crippen molar-refractivity contribution < 1.29 is 4.42 Å². The number of nitrogens with zero attached hydrogens (tertiary/aromatic N) is 5. The Morgan fingerprint density at radius 3 is 1.44 bits per heavy atom. The number of rotatable bonds is 8. The zero-order valence-electron chi connectivity index (χ0n) is 37.6. The van der Waals surface area contributed by atoms with Crippen LogP contribution in [0.2, 0.25) is 0 Å². The van der Waals surface area contributed by atoms with E-state index in [0.29, 0.717) is 0 Å². The molecule has 0 spiro atoms. The summed E-state index contributed by atoms with van der Waals surface area (Å²) in [7, 11) is 0. The van der Waals surface area contributed by atoms with Gasteiger partial charge < -0.3 is 4.42 Å². The monoisotopic (exact) mass is 913 g/mol. The number of benzene rings is 10. The third kappa shape index (κ3) is 6.66. The molecule has 7 heteroatoms. The summed E-state index contributed by atoms with van der Waals surface area (Å²) in [6.45, 7) is 0. The van der Waals surface area contributed by atoms with Crippen molar-refractivity contribution in [2.24, 2.45) is 0 Å². The molecule has 0 N–H and O–H groups in total. The molecule has 0 aliphatic heterocycles. The number of thiazole rings is 1. The van der Waals surface area contributed by atoms with E-state index in [2.05, 4.69) is 209 Å². The number of furan rings is 1. The van der Waals surface area contributed by atoms with E-state index in [1.54, 1.807) is 11.3 Å². The summed E-state index contributed by atoms with van der Waals surface area (Å²) in [5.41, 5.74) is 18.8. The van der Waals surface area contributed by atoms with E-state index in [0.717, 1.165) is 132 Å². The van der Waals surface area contributed by atoms with Crippen molar-refractivity contribution >= 4 is 65.6 Å². The minimum absolute atomic E-state index is 0.894. The molecule has 0 amide bonds. The number of hydrogen-bond donors (Lipinski definition) is 0. The summed E-state index contributed by atoms with van der Waals surface area (Å²) in [6.07, 6.45) is 0. The quantitative estimate of drug-likeness (QED) is 0.152. The molecule has 10 aromatic carbocycles. The average molecular weight is 914 g/mol. The SMILES string of the molecule is c1ccc(-n2c(-c3ccc(-c4ccc(-c5ccc(-c6nc7ccccc7n6-c6ccccc6)cc5)c5sc(-c6ccc(-c7ccc8oc9ccccc9c8c7)cc6)nc45)cc3)nc3ccccc32)cc1. The zero-order valence-corrected chi connectivity index (χ0v) is 38.4. The number of aromatic nitrogens is 5. The van der Waals surface area contributed by atoms with Crippen LogP contribution in [0.4, 0.5) is 0 Å². The maximum Gasteiger partial charge on any atom is 0.145 e. The number of fused-ring (bicyclic) bond motifs is 6. The summed E-state index contributed by atoms with van der Waals surface area (Å²) in [5, 5.41) is 3.21. The van der Waals surface area contributed by atoms with E-state index in [4.69, 9.17) is 19.4 Å². The smallest absolute Gasteiger partial charge is 0.145 e. The van der Waals surface area contributed by atoms with Crippen LogP contribution in [-0.2, 0) is 0 Å². The van der Waals surface area contributed by atoms with Crippen LogP contribution < -0.4 is 0 Å². The summed E-state index contributed by atoms with van der Waals surface area (Å²) in [6, 6.07) is 83.2.